The number of nitrogens with zero attached hydrogens (tertiary/aromatic N) is 4. The Bertz CT molecular complexity index is 356. The molecule has 0 amide bonds. The molecule has 3 rings (SSSR count). The van der Waals surface area contributed by atoms with Gasteiger partial charge in [-0.25, -0.2) is 4.98 Å². The molecular weight excluding hydrogens is 232 g/mol. The van der Waals surface area contributed by atoms with Crippen molar-refractivity contribution in [2.24, 2.45) is 0 Å². The molecule has 2 fully saturated rings. The lowest BCUT2D eigenvalue weighted by Gasteiger charge is -2.30. The van der Waals surface area contributed by atoms with Gasteiger partial charge in [0.2, 0.25) is 5.95 Å². The number of rotatable bonds is 2. The molecule has 1 aromatic rings. The average molecular weight is 250 g/mol. The van der Waals surface area contributed by atoms with E-state index in [1.54, 1.807) is 0 Å². The van der Waals surface area contributed by atoms with Crippen LogP contribution in [-0.2, 0) is 9.47 Å². The third kappa shape index (κ3) is 2.54. The summed E-state index contributed by atoms with van der Waals surface area (Å²) >= 11 is 0. The Labute approximate surface area is 107 Å². The van der Waals surface area contributed by atoms with E-state index in [9.17, 15) is 0 Å². The molecule has 0 radical (unpaired) electrons. The zero-order chi connectivity index (χ0) is 12.2. The van der Waals surface area contributed by atoms with Crippen LogP contribution in [0.4, 0.5) is 11.8 Å². The Morgan fingerprint density at radius 2 is 1.50 bits per heavy atom. The van der Waals surface area contributed by atoms with Crippen LogP contribution in [0, 0.1) is 0 Å². The minimum Gasteiger partial charge on any atom is -0.378 e. The quantitative estimate of drug-likeness (QED) is 0.744. The van der Waals surface area contributed by atoms with Gasteiger partial charge in [0.15, 0.2) is 0 Å². The molecule has 0 unspecified atom stereocenters. The minimum atomic E-state index is 0.755. The van der Waals surface area contributed by atoms with Crippen molar-refractivity contribution in [2.45, 2.75) is 0 Å². The van der Waals surface area contributed by atoms with Gasteiger partial charge in [-0.1, -0.05) is 0 Å². The molecule has 0 saturated carbocycles. The summed E-state index contributed by atoms with van der Waals surface area (Å²) in [4.78, 5) is 13.4. The molecule has 0 aliphatic carbocycles. The molecule has 0 spiro atoms. The van der Waals surface area contributed by atoms with Crippen LogP contribution >= 0.6 is 0 Å². The van der Waals surface area contributed by atoms with E-state index in [0.717, 1.165) is 64.4 Å². The molecule has 1 aromatic heterocycles. The Balaban J connectivity index is 1.75. The normalized spacial score (nSPS) is 21.1. The van der Waals surface area contributed by atoms with Crippen molar-refractivity contribution >= 4 is 11.8 Å². The monoisotopic (exact) mass is 250 g/mol. The Morgan fingerprint density at radius 3 is 2.17 bits per heavy atom. The standard InChI is InChI=1S/C12H18N4O2/c1-2-13-12(16-5-9-18-10-6-16)14-11(1)15-3-7-17-8-4-15/h1-2H,3-10H2. The second kappa shape index (κ2) is 5.49. The predicted octanol–water partition coefficient (Wildman–Crippen LogP) is 0.150. The molecule has 0 aromatic carbocycles. The zero-order valence-corrected chi connectivity index (χ0v) is 10.4. The van der Waals surface area contributed by atoms with Gasteiger partial charge in [0.05, 0.1) is 26.4 Å². The molecule has 98 valence electrons. The largest absolute Gasteiger partial charge is 0.378 e. The smallest absolute Gasteiger partial charge is 0.227 e. The Kier molecular flexibility index (Phi) is 3.56. The lowest BCUT2D eigenvalue weighted by atomic mass is 10.4. The number of morpholine rings is 2. The predicted molar refractivity (Wildman–Crippen MR) is 68.1 cm³/mol. The lowest BCUT2D eigenvalue weighted by Crippen LogP contribution is -2.39. The molecule has 6 nitrogen and oxygen atoms in total. The number of anilines is 2. The van der Waals surface area contributed by atoms with Gasteiger partial charge in [-0.05, 0) is 6.07 Å². The molecule has 0 N–H and O–H groups in total. The molecule has 2 aliphatic rings. The van der Waals surface area contributed by atoms with Crippen LogP contribution < -0.4 is 9.80 Å². The van der Waals surface area contributed by atoms with Gasteiger partial charge in [0.1, 0.15) is 5.82 Å². The third-order valence-electron chi connectivity index (χ3n) is 3.26. The molecule has 2 saturated heterocycles. The molecule has 6 heteroatoms. The summed E-state index contributed by atoms with van der Waals surface area (Å²) in [6, 6.07) is 1.97. The highest BCUT2D eigenvalue weighted by atomic mass is 16.5. The molecule has 18 heavy (non-hydrogen) atoms. The molecule has 3 heterocycles. The number of ether oxygens (including phenoxy) is 2. The van der Waals surface area contributed by atoms with Crippen LogP contribution in [-0.4, -0.2) is 62.6 Å². The van der Waals surface area contributed by atoms with E-state index in [1.165, 1.54) is 0 Å². The number of hydrogen-bond donors (Lipinski definition) is 0. The number of aromatic nitrogens is 2. The van der Waals surface area contributed by atoms with Gasteiger partial charge in [0, 0.05) is 32.4 Å². The van der Waals surface area contributed by atoms with Crippen LogP contribution in [0.3, 0.4) is 0 Å². The average Bonchev–Trinajstić information content (AvgIpc) is 2.49. The van der Waals surface area contributed by atoms with Gasteiger partial charge in [-0.3, -0.25) is 0 Å². The van der Waals surface area contributed by atoms with Crippen molar-refractivity contribution in [3.63, 3.8) is 0 Å². The van der Waals surface area contributed by atoms with Crippen LogP contribution in [0.1, 0.15) is 0 Å². The fraction of sp³-hybridized carbons (Fsp3) is 0.667. The fourth-order valence-electron chi connectivity index (χ4n) is 2.22. The van der Waals surface area contributed by atoms with E-state index in [4.69, 9.17) is 9.47 Å². The second-order valence-corrected chi connectivity index (χ2v) is 4.41. The van der Waals surface area contributed by atoms with Crippen LogP contribution in [0.2, 0.25) is 0 Å². The second-order valence-electron chi connectivity index (χ2n) is 4.41. The fourth-order valence-corrected chi connectivity index (χ4v) is 2.22. The third-order valence-corrected chi connectivity index (χ3v) is 3.26. The first-order valence-electron chi connectivity index (χ1n) is 6.42. The van der Waals surface area contributed by atoms with E-state index in [2.05, 4.69) is 19.8 Å². The van der Waals surface area contributed by atoms with Crippen LogP contribution in [0.25, 0.3) is 0 Å². The molecular formula is C12H18N4O2. The van der Waals surface area contributed by atoms with E-state index in [1.807, 2.05) is 12.3 Å². The van der Waals surface area contributed by atoms with Crippen LogP contribution in [0.15, 0.2) is 12.3 Å². The summed E-state index contributed by atoms with van der Waals surface area (Å²) < 4.78 is 10.7. The molecule has 0 atom stereocenters. The molecule has 2 aliphatic heterocycles. The molecule has 0 bridgehead atoms. The minimum absolute atomic E-state index is 0.755. The first-order valence-corrected chi connectivity index (χ1v) is 6.42. The maximum absolute atomic E-state index is 5.36. The first kappa shape index (κ1) is 11.7. The number of hydrogen-bond acceptors (Lipinski definition) is 6. The van der Waals surface area contributed by atoms with Gasteiger partial charge in [-0.2, -0.15) is 4.98 Å². The maximum atomic E-state index is 5.36. The zero-order valence-electron chi connectivity index (χ0n) is 10.4. The lowest BCUT2D eigenvalue weighted by molar-refractivity contribution is 0.121. The van der Waals surface area contributed by atoms with E-state index in [0.29, 0.717) is 0 Å². The highest BCUT2D eigenvalue weighted by Crippen LogP contribution is 2.16. The Morgan fingerprint density at radius 1 is 0.889 bits per heavy atom. The highest BCUT2D eigenvalue weighted by Gasteiger charge is 2.17. The van der Waals surface area contributed by atoms with Crippen molar-refractivity contribution in [3.8, 4) is 0 Å². The summed E-state index contributed by atoms with van der Waals surface area (Å²) in [5.74, 6) is 1.80. The van der Waals surface area contributed by atoms with Gasteiger partial charge < -0.3 is 19.3 Å². The van der Waals surface area contributed by atoms with Crippen molar-refractivity contribution in [3.05, 3.63) is 12.3 Å². The summed E-state index contributed by atoms with van der Waals surface area (Å²) in [6.45, 7) is 6.60. The van der Waals surface area contributed by atoms with Crippen molar-refractivity contribution in [1.82, 2.24) is 9.97 Å². The van der Waals surface area contributed by atoms with Gasteiger partial charge in [0.25, 0.3) is 0 Å². The topological polar surface area (TPSA) is 50.7 Å². The van der Waals surface area contributed by atoms with Gasteiger partial charge >= 0.3 is 0 Å². The van der Waals surface area contributed by atoms with Gasteiger partial charge in [-0.15, -0.1) is 0 Å². The summed E-state index contributed by atoms with van der Waals surface area (Å²) in [6.07, 6.45) is 1.84. The summed E-state index contributed by atoms with van der Waals surface area (Å²) in [5, 5.41) is 0. The maximum Gasteiger partial charge on any atom is 0.227 e. The van der Waals surface area contributed by atoms with Crippen molar-refractivity contribution in [1.29, 1.82) is 0 Å². The summed E-state index contributed by atoms with van der Waals surface area (Å²) in [7, 11) is 0. The van der Waals surface area contributed by atoms with Crippen LogP contribution in [0.5, 0.6) is 0 Å². The highest BCUT2D eigenvalue weighted by molar-refractivity contribution is 5.44. The SMILES string of the molecule is c1cc(N2CCOCC2)nc(N2CCOCC2)n1. The van der Waals surface area contributed by atoms with E-state index in [-0.39, 0.29) is 0 Å². The van der Waals surface area contributed by atoms with E-state index < -0.39 is 0 Å². The summed E-state index contributed by atoms with van der Waals surface area (Å²) in [5.41, 5.74) is 0. The Hall–Kier alpha value is -1.40. The van der Waals surface area contributed by atoms with E-state index >= 15 is 0 Å². The van der Waals surface area contributed by atoms with Crippen molar-refractivity contribution in [2.75, 3.05) is 62.4 Å². The first-order chi connectivity index (χ1) is 8.93. The van der Waals surface area contributed by atoms with Crippen molar-refractivity contribution < 1.29 is 9.47 Å².